The molecule has 0 aliphatic carbocycles. The monoisotopic (exact) mass is 216 g/mol. The van der Waals surface area contributed by atoms with E-state index in [0.717, 1.165) is 5.56 Å². The quantitative estimate of drug-likeness (QED) is 0.547. The third-order valence-electron chi connectivity index (χ3n) is 2.02. The van der Waals surface area contributed by atoms with Gasteiger partial charge < -0.3 is 5.73 Å². The molecular formula is C10H8N4O2. The van der Waals surface area contributed by atoms with Crippen LogP contribution >= 0.6 is 0 Å². The predicted octanol–water partition coefficient (Wildman–Crippen LogP) is 0.261. The first kappa shape index (κ1) is 10.0. The number of hydrazone groups is 1. The number of nitrogens with zero attached hydrogens (tertiary/aromatic N) is 2. The number of nitrogens with two attached hydrogens (primary N) is 1. The number of rotatable bonds is 2. The van der Waals surface area contributed by atoms with Gasteiger partial charge in [0.05, 0.1) is 11.8 Å². The molecule has 6 nitrogen and oxygen atoms in total. The summed E-state index contributed by atoms with van der Waals surface area (Å²) in [5, 5.41) is 3.59. The van der Waals surface area contributed by atoms with Gasteiger partial charge in [0.2, 0.25) is 0 Å². The molecule has 0 atom stereocenters. The molecule has 1 heterocycles. The average molecular weight is 216 g/mol. The van der Waals surface area contributed by atoms with Gasteiger partial charge in [0.1, 0.15) is 0 Å². The third kappa shape index (κ3) is 1.95. The second kappa shape index (κ2) is 3.93. The van der Waals surface area contributed by atoms with E-state index < -0.39 is 6.03 Å². The summed E-state index contributed by atoms with van der Waals surface area (Å²) in [6, 6.07) is 4.43. The standard InChI is InChI=1S/C10H8N4O2/c11-10(16)14-13-4-6-1-2-7-5-12-9(15)8(7)3-6/h1-5H,(H3,11,14,16). The van der Waals surface area contributed by atoms with Crippen LogP contribution in [0.3, 0.4) is 0 Å². The number of primary amides is 1. The van der Waals surface area contributed by atoms with Gasteiger partial charge in [-0.2, -0.15) is 5.10 Å². The maximum Gasteiger partial charge on any atom is 0.332 e. The fourth-order valence-electron chi connectivity index (χ4n) is 1.32. The lowest BCUT2D eigenvalue weighted by atomic mass is 10.1. The van der Waals surface area contributed by atoms with Crippen LogP contribution in [0, 0.1) is 0 Å². The van der Waals surface area contributed by atoms with Crippen molar-refractivity contribution in [2.45, 2.75) is 0 Å². The van der Waals surface area contributed by atoms with Crippen molar-refractivity contribution >= 4 is 24.4 Å². The molecule has 1 aliphatic heterocycles. The molecule has 0 radical (unpaired) electrons. The lowest BCUT2D eigenvalue weighted by Gasteiger charge is -1.97. The van der Waals surface area contributed by atoms with Gasteiger partial charge in [-0.25, -0.2) is 15.2 Å². The molecule has 16 heavy (non-hydrogen) atoms. The maximum atomic E-state index is 11.3. The summed E-state index contributed by atoms with van der Waals surface area (Å²) in [7, 11) is 0. The van der Waals surface area contributed by atoms with E-state index in [1.54, 1.807) is 18.2 Å². The van der Waals surface area contributed by atoms with Crippen LogP contribution in [-0.4, -0.2) is 24.4 Å². The number of hydrogen-bond acceptors (Lipinski definition) is 3. The lowest BCUT2D eigenvalue weighted by molar-refractivity contribution is 0.101. The van der Waals surface area contributed by atoms with E-state index in [0.29, 0.717) is 11.1 Å². The maximum absolute atomic E-state index is 11.3. The van der Waals surface area contributed by atoms with Crippen molar-refractivity contribution in [2.24, 2.45) is 15.8 Å². The molecule has 0 saturated heterocycles. The van der Waals surface area contributed by atoms with Gasteiger partial charge in [-0.15, -0.1) is 0 Å². The molecule has 1 aromatic carbocycles. The largest absolute Gasteiger partial charge is 0.350 e. The van der Waals surface area contributed by atoms with Gasteiger partial charge in [0.25, 0.3) is 5.91 Å². The Morgan fingerprint density at radius 3 is 3.06 bits per heavy atom. The fraction of sp³-hybridized carbons (Fsp3) is 0. The molecule has 2 rings (SSSR count). The number of carbonyl (C=O) groups is 2. The lowest BCUT2D eigenvalue weighted by Crippen LogP contribution is -2.24. The van der Waals surface area contributed by atoms with E-state index in [1.807, 2.05) is 0 Å². The Morgan fingerprint density at radius 2 is 2.31 bits per heavy atom. The van der Waals surface area contributed by atoms with Crippen LogP contribution < -0.4 is 11.2 Å². The zero-order valence-corrected chi connectivity index (χ0v) is 8.18. The van der Waals surface area contributed by atoms with Gasteiger partial charge in [0.15, 0.2) is 0 Å². The van der Waals surface area contributed by atoms with Gasteiger partial charge in [-0.1, -0.05) is 12.1 Å². The van der Waals surface area contributed by atoms with Crippen LogP contribution in [0.5, 0.6) is 0 Å². The topological polar surface area (TPSA) is 96.9 Å². The Kier molecular flexibility index (Phi) is 2.47. The first-order valence-corrected chi connectivity index (χ1v) is 4.48. The SMILES string of the molecule is NC(=O)NN=Cc1ccc2c(c1)C(=O)N=C2. The molecule has 80 valence electrons. The van der Waals surface area contributed by atoms with E-state index in [9.17, 15) is 9.59 Å². The van der Waals surface area contributed by atoms with Gasteiger partial charge in [0, 0.05) is 11.8 Å². The second-order valence-electron chi connectivity index (χ2n) is 3.14. The zero-order valence-electron chi connectivity index (χ0n) is 8.18. The van der Waals surface area contributed by atoms with E-state index in [1.165, 1.54) is 12.4 Å². The fourth-order valence-corrected chi connectivity index (χ4v) is 1.32. The molecule has 3 N–H and O–H groups in total. The number of urea groups is 1. The van der Waals surface area contributed by atoms with Crippen molar-refractivity contribution < 1.29 is 9.59 Å². The Balaban J connectivity index is 2.20. The van der Waals surface area contributed by atoms with Crippen LogP contribution in [0.25, 0.3) is 0 Å². The smallest absolute Gasteiger partial charge is 0.332 e. The van der Waals surface area contributed by atoms with Gasteiger partial charge in [-0.3, -0.25) is 4.79 Å². The highest BCUT2D eigenvalue weighted by molar-refractivity contribution is 6.13. The first-order chi connectivity index (χ1) is 7.66. The van der Waals surface area contributed by atoms with Crippen molar-refractivity contribution in [3.63, 3.8) is 0 Å². The molecule has 0 bridgehead atoms. The van der Waals surface area contributed by atoms with E-state index in [4.69, 9.17) is 5.73 Å². The Morgan fingerprint density at radius 1 is 1.50 bits per heavy atom. The number of hydrogen-bond donors (Lipinski definition) is 2. The number of aliphatic imine (C=N–C) groups is 1. The average Bonchev–Trinajstić information content (AvgIpc) is 2.60. The highest BCUT2D eigenvalue weighted by Crippen LogP contribution is 2.15. The van der Waals surface area contributed by atoms with Gasteiger partial charge >= 0.3 is 6.03 Å². The van der Waals surface area contributed by atoms with Crippen LogP contribution in [0.4, 0.5) is 4.79 Å². The van der Waals surface area contributed by atoms with Crippen molar-refractivity contribution in [1.82, 2.24) is 5.43 Å². The summed E-state index contributed by atoms with van der Waals surface area (Å²) in [6.07, 6.45) is 2.91. The molecule has 0 unspecified atom stereocenters. The molecule has 6 heteroatoms. The second-order valence-corrected chi connectivity index (χ2v) is 3.14. The molecule has 0 spiro atoms. The van der Waals surface area contributed by atoms with Crippen molar-refractivity contribution in [1.29, 1.82) is 0 Å². The molecule has 1 aromatic rings. The Bertz CT molecular complexity index is 520. The summed E-state index contributed by atoms with van der Waals surface area (Å²) in [4.78, 5) is 25.3. The van der Waals surface area contributed by atoms with Crippen LogP contribution in [0.15, 0.2) is 28.3 Å². The van der Waals surface area contributed by atoms with E-state index in [2.05, 4.69) is 15.5 Å². The minimum atomic E-state index is -0.739. The number of nitrogens with one attached hydrogen (secondary N) is 1. The molecule has 0 aromatic heterocycles. The van der Waals surface area contributed by atoms with Crippen molar-refractivity contribution in [3.8, 4) is 0 Å². The van der Waals surface area contributed by atoms with Gasteiger partial charge in [-0.05, 0) is 11.6 Å². The summed E-state index contributed by atoms with van der Waals surface area (Å²) >= 11 is 0. The highest BCUT2D eigenvalue weighted by atomic mass is 16.2. The van der Waals surface area contributed by atoms with Crippen LogP contribution in [0.2, 0.25) is 0 Å². The van der Waals surface area contributed by atoms with Crippen LogP contribution in [0.1, 0.15) is 21.5 Å². The minimum Gasteiger partial charge on any atom is -0.350 e. The normalized spacial score (nSPS) is 13.1. The summed E-state index contributed by atoms with van der Waals surface area (Å²) in [5.41, 5.74) is 8.90. The zero-order chi connectivity index (χ0) is 11.5. The number of carbonyl (C=O) groups excluding carboxylic acids is 2. The molecule has 1 aliphatic rings. The predicted molar refractivity (Wildman–Crippen MR) is 58.7 cm³/mol. The molecular weight excluding hydrogens is 208 g/mol. The third-order valence-corrected chi connectivity index (χ3v) is 2.02. The van der Waals surface area contributed by atoms with E-state index in [-0.39, 0.29) is 5.91 Å². The first-order valence-electron chi connectivity index (χ1n) is 4.48. The number of fused-ring (bicyclic) bond motifs is 1. The Labute approximate surface area is 90.9 Å². The van der Waals surface area contributed by atoms with Crippen molar-refractivity contribution in [2.75, 3.05) is 0 Å². The highest BCUT2D eigenvalue weighted by Gasteiger charge is 2.14. The van der Waals surface area contributed by atoms with Crippen LogP contribution in [-0.2, 0) is 0 Å². The van der Waals surface area contributed by atoms with Crippen molar-refractivity contribution in [3.05, 3.63) is 34.9 Å². The van der Waals surface area contributed by atoms with E-state index >= 15 is 0 Å². The summed E-state index contributed by atoms with van der Waals surface area (Å²) in [5.74, 6) is -0.270. The Hall–Kier alpha value is -2.50. The molecule has 0 fully saturated rings. The summed E-state index contributed by atoms with van der Waals surface area (Å²) < 4.78 is 0. The summed E-state index contributed by atoms with van der Waals surface area (Å²) in [6.45, 7) is 0. The minimum absolute atomic E-state index is 0.270. The molecule has 0 saturated carbocycles. The molecule has 3 amide bonds. The number of benzene rings is 1. The number of amides is 3.